The third-order valence-corrected chi connectivity index (χ3v) is 6.27. The molecule has 160 valence electrons. The number of ether oxygens (including phenoxy) is 2. The maximum atomic E-state index is 11.6. The number of ketones is 1. The van der Waals surface area contributed by atoms with E-state index in [0.717, 1.165) is 11.1 Å². The molecule has 0 N–H and O–H groups in total. The highest BCUT2D eigenvalue weighted by Gasteiger charge is 2.45. The van der Waals surface area contributed by atoms with E-state index in [0.29, 0.717) is 11.5 Å². The van der Waals surface area contributed by atoms with Gasteiger partial charge in [-0.25, -0.2) is 0 Å². The van der Waals surface area contributed by atoms with Crippen molar-refractivity contribution in [2.45, 2.75) is 5.41 Å². The summed E-state index contributed by atoms with van der Waals surface area (Å²) in [6.07, 6.45) is 1.27. The van der Waals surface area contributed by atoms with Crippen LogP contribution in [0.2, 0.25) is 0 Å². The van der Waals surface area contributed by atoms with Gasteiger partial charge in [-0.2, -0.15) is 0 Å². The van der Waals surface area contributed by atoms with Crippen LogP contribution in [-0.2, 0) is 10.2 Å². The largest absolute Gasteiger partial charge is 0.485 e. The minimum atomic E-state index is -0.518. The van der Waals surface area contributed by atoms with Gasteiger partial charge in [-0.05, 0) is 63.7 Å². The maximum Gasteiger partial charge on any atom is 0.192 e. The predicted octanol–water partition coefficient (Wildman–Crippen LogP) is 6.23. The smallest absolute Gasteiger partial charge is 0.192 e. The Morgan fingerprint density at radius 3 is 1.73 bits per heavy atom. The molecule has 0 spiro atoms. The lowest BCUT2D eigenvalue weighted by atomic mass is 9.68. The van der Waals surface area contributed by atoms with E-state index in [9.17, 15) is 4.79 Å². The molecular formula is C30H22O3. The van der Waals surface area contributed by atoms with Gasteiger partial charge in [0.15, 0.2) is 19.5 Å². The van der Waals surface area contributed by atoms with Crippen LogP contribution in [0.15, 0.2) is 110 Å². The van der Waals surface area contributed by atoms with Crippen molar-refractivity contribution in [1.82, 2.24) is 0 Å². The van der Waals surface area contributed by atoms with Gasteiger partial charge in [0.05, 0.1) is 5.41 Å². The Morgan fingerprint density at radius 1 is 0.758 bits per heavy atom. The van der Waals surface area contributed by atoms with Crippen LogP contribution >= 0.6 is 0 Å². The molecule has 0 heterocycles. The van der Waals surface area contributed by atoms with Gasteiger partial charge in [-0.3, -0.25) is 4.79 Å². The van der Waals surface area contributed by atoms with E-state index in [1.165, 1.54) is 28.3 Å². The fraction of sp³-hybridized carbons (Fsp3) is 0.0667. The fourth-order valence-electron chi connectivity index (χ4n) is 4.82. The van der Waals surface area contributed by atoms with Crippen molar-refractivity contribution >= 4 is 5.78 Å². The van der Waals surface area contributed by atoms with Gasteiger partial charge in [-0.15, -0.1) is 0 Å². The molecule has 0 saturated heterocycles. The van der Waals surface area contributed by atoms with E-state index >= 15 is 0 Å². The van der Waals surface area contributed by atoms with Gasteiger partial charge >= 0.3 is 0 Å². The van der Waals surface area contributed by atoms with E-state index in [-0.39, 0.29) is 12.4 Å². The molecule has 2 radical (unpaired) electrons. The lowest BCUT2D eigenvalue weighted by Gasteiger charge is -2.34. The van der Waals surface area contributed by atoms with Gasteiger partial charge in [-0.1, -0.05) is 79.4 Å². The van der Waals surface area contributed by atoms with Crippen molar-refractivity contribution in [2.24, 2.45) is 0 Å². The molecule has 3 heteroatoms. The second kappa shape index (κ2) is 8.44. The molecule has 4 aromatic rings. The van der Waals surface area contributed by atoms with E-state index in [2.05, 4.69) is 79.4 Å². The van der Waals surface area contributed by atoms with Crippen molar-refractivity contribution in [3.8, 4) is 22.6 Å². The summed E-state index contributed by atoms with van der Waals surface area (Å²) >= 11 is 0. The summed E-state index contributed by atoms with van der Waals surface area (Å²) in [5.74, 6) is 1.08. The molecule has 33 heavy (non-hydrogen) atoms. The summed E-state index contributed by atoms with van der Waals surface area (Å²) in [7, 11) is 5.38. The van der Waals surface area contributed by atoms with Crippen LogP contribution in [0.4, 0.5) is 0 Å². The highest BCUT2D eigenvalue weighted by atomic mass is 16.5. The molecule has 0 bridgehead atoms. The average molecular weight is 431 g/mol. The number of hydrogen-bond acceptors (Lipinski definition) is 3. The molecule has 0 fully saturated rings. The topological polar surface area (TPSA) is 35.5 Å². The zero-order valence-corrected chi connectivity index (χ0v) is 18.0. The van der Waals surface area contributed by atoms with Crippen LogP contribution in [0.25, 0.3) is 11.1 Å². The second-order valence-electron chi connectivity index (χ2n) is 7.97. The number of benzene rings is 4. The highest BCUT2D eigenvalue weighted by molar-refractivity contribution is 5.90. The maximum absolute atomic E-state index is 11.6. The highest BCUT2D eigenvalue weighted by Crippen LogP contribution is 2.56. The number of fused-ring (bicyclic) bond motifs is 3. The summed E-state index contributed by atoms with van der Waals surface area (Å²) in [5, 5.41) is 0. The molecule has 3 nitrogen and oxygen atoms in total. The summed E-state index contributed by atoms with van der Waals surface area (Å²) in [6.45, 7) is 3.46. The molecule has 0 aliphatic heterocycles. The summed E-state index contributed by atoms with van der Waals surface area (Å²) < 4.78 is 10.6. The first-order valence-electron chi connectivity index (χ1n) is 10.7. The Kier molecular flexibility index (Phi) is 5.31. The van der Waals surface area contributed by atoms with Gasteiger partial charge < -0.3 is 9.47 Å². The third-order valence-electron chi connectivity index (χ3n) is 6.27. The number of rotatable bonds is 7. The average Bonchev–Trinajstić information content (AvgIpc) is 3.19. The van der Waals surface area contributed by atoms with Crippen LogP contribution in [0, 0.1) is 7.11 Å². The van der Waals surface area contributed by atoms with Gasteiger partial charge in [0, 0.05) is 0 Å². The summed E-state index contributed by atoms with van der Waals surface area (Å²) in [6, 6.07) is 32.9. The second-order valence-corrected chi connectivity index (χ2v) is 7.97. The Balaban J connectivity index is 1.72. The molecule has 1 aliphatic carbocycles. The van der Waals surface area contributed by atoms with E-state index in [1.54, 1.807) is 0 Å². The normalized spacial score (nSPS) is 13.0. The molecule has 0 amide bonds. The van der Waals surface area contributed by atoms with Gasteiger partial charge in [0.1, 0.15) is 11.5 Å². The molecule has 1 aliphatic rings. The molecular weight excluding hydrogens is 408 g/mol. The monoisotopic (exact) mass is 430 g/mol. The van der Waals surface area contributed by atoms with Crippen molar-refractivity contribution in [1.29, 1.82) is 0 Å². The Labute approximate surface area is 193 Å². The lowest BCUT2D eigenvalue weighted by molar-refractivity contribution is -0.116. The van der Waals surface area contributed by atoms with Crippen LogP contribution < -0.4 is 9.47 Å². The Hall–Kier alpha value is -4.11. The fourth-order valence-corrected chi connectivity index (χ4v) is 4.82. The molecule has 5 rings (SSSR count). The minimum Gasteiger partial charge on any atom is -0.485 e. The van der Waals surface area contributed by atoms with E-state index < -0.39 is 5.41 Å². The van der Waals surface area contributed by atoms with Crippen molar-refractivity contribution in [3.63, 3.8) is 0 Å². The predicted molar refractivity (Wildman–Crippen MR) is 129 cm³/mol. The molecule has 0 unspecified atom stereocenters. The van der Waals surface area contributed by atoms with E-state index in [4.69, 9.17) is 16.6 Å². The zero-order valence-electron chi connectivity index (χ0n) is 18.0. The van der Waals surface area contributed by atoms with Crippen LogP contribution in [0.1, 0.15) is 22.3 Å². The van der Waals surface area contributed by atoms with Gasteiger partial charge in [0.2, 0.25) is 0 Å². The first kappa shape index (κ1) is 20.8. The van der Waals surface area contributed by atoms with Crippen molar-refractivity contribution < 1.29 is 14.3 Å². The Bertz CT molecular complexity index is 1270. The van der Waals surface area contributed by atoms with Crippen molar-refractivity contribution in [3.05, 3.63) is 139 Å². The third kappa shape index (κ3) is 3.33. The standard InChI is InChI=1S/C30H22O3/c1-3-23(31)20-33-25-18-14-22(15-19-25)30(21-12-16-24(32-2)17-13-21)28-10-6-4-8-26(28)27-9-5-7-11-29(27)30/h2-19H,1,20H2. The first-order valence-corrected chi connectivity index (χ1v) is 10.7. The van der Waals surface area contributed by atoms with Crippen LogP contribution in [0.5, 0.6) is 11.5 Å². The zero-order chi connectivity index (χ0) is 22.8. The summed E-state index contributed by atoms with van der Waals surface area (Å²) in [4.78, 5) is 11.6. The minimum absolute atomic E-state index is 0.0276. The lowest BCUT2D eigenvalue weighted by Crippen LogP contribution is -2.28. The van der Waals surface area contributed by atoms with E-state index in [1.807, 2.05) is 24.3 Å². The molecule has 0 atom stereocenters. The number of carbonyl (C=O) groups excluding carboxylic acids is 1. The van der Waals surface area contributed by atoms with Crippen LogP contribution in [-0.4, -0.2) is 12.4 Å². The van der Waals surface area contributed by atoms with Crippen molar-refractivity contribution in [2.75, 3.05) is 6.61 Å². The quantitative estimate of drug-likeness (QED) is 0.287. The molecule has 0 aromatic heterocycles. The van der Waals surface area contributed by atoms with Gasteiger partial charge in [0.25, 0.3) is 0 Å². The summed E-state index contributed by atoms with van der Waals surface area (Å²) in [5.41, 5.74) is 6.54. The number of carbonyl (C=O) groups is 1. The first-order chi connectivity index (χ1) is 16.2. The SMILES string of the molecule is [CH]Oc1ccc(C2(c3ccc(OCC(=O)C=C)cc3)c3ccccc3-c3ccccc32)cc1. The molecule has 0 saturated carbocycles. The van der Waals surface area contributed by atoms with Crippen LogP contribution in [0.3, 0.4) is 0 Å². The number of hydrogen-bond donors (Lipinski definition) is 0. The molecule has 4 aromatic carbocycles. The Morgan fingerprint density at radius 2 is 1.24 bits per heavy atom.